The van der Waals surface area contributed by atoms with E-state index < -0.39 is 0 Å². The van der Waals surface area contributed by atoms with Crippen molar-refractivity contribution in [2.45, 2.75) is 83.2 Å². The second-order valence-electron chi connectivity index (χ2n) is 10.0. The molecule has 1 amide bonds. The van der Waals surface area contributed by atoms with Crippen molar-refractivity contribution >= 4 is 17.3 Å². The SMILES string of the molecule is C[C@H]1CCCN1[C@H]1CCN(c2ccc(N3CCCC4(CCCCC4)C3=O)cc2)C1. The molecule has 0 radical (unpaired) electrons. The number of piperidine rings is 1. The summed E-state index contributed by atoms with van der Waals surface area (Å²) in [6, 6.07) is 10.4. The average Bonchev–Trinajstić information content (AvgIpc) is 3.40. The van der Waals surface area contributed by atoms with Crippen LogP contribution in [0.3, 0.4) is 0 Å². The smallest absolute Gasteiger partial charge is 0.233 e. The van der Waals surface area contributed by atoms with Crippen LogP contribution in [0.4, 0.5) is 11.4 Å². The first-order chi connectivity index (χ1) is 14.2. The fourth-order valence-corrected chi connectivity index (χ4v) is 6.60. The van der Waals surface area contributed by atoms with Gasteiger partial charge in [-0.05, 0) is 82.7 Å². The first-order valence-electron chi connectivity index (χ1n) is 12.1. The molecule has 158 valence electrons. The lowest BCUT2D eigenvalue weighted by molar-refractivity contribution is -0.132. The first-order valence-corrected chi connectivity index (χ1v) is 12.1. The average molecular weight is 396 g/mol. The Morgan fingerprint density at radius 1 is 0.828 bits per heavy atom. The fraction of sp³-hybridized carbons (Fsp3) is 0.720. The molecule has 4 heteroatoms. The monoisotopic (exact) mass is 395 g/mol. The number of hydrogen-bond donors (Lipinski definition) is 0. The third-order valence-electron chi connectivity index (χ3n) is 8.31. The number of anilines is 2. The van der Waals surface area contributed by atoms with E-state index in [0.717, 1.165) is 57.0 Å². The summed E-state index contributed by atoms with van der Waals surface area (Å²) < 4.78 is 0. The molecule has 29 heavy (non-hydrogen) atoms. The summed E-state index contributed by atoms with van der Waals surface area (Å²) in [7, 11) is 0. The van der Waals surface area contributed by atoms with E-state index in [9.17, 15) is 4.79 Å². The summed E-state index contributed by atoms with van der Waals surface area (Å²) in [6.07, 6.45) is 12.2. The van der Waals surface area contributed by atoms with Crippen molar-refractivity contribution in [3.63, 3.8) is 0 Å². The molecule has 2 atom stereocenters. The molecule has 0 bridgehead atoms. The third-order valence-corrected chi connectivity index (χ3v) is 8.31. The largest absolute Gasteiger partial charge is 0.370 e. The number of carbonyl (C=O) groups is 1. The van der Waals surface area contributed by atoms with Crippen molar-refractivity contribution in [2.24, 2.45) is 5.41 Å². The van der Waals surface area contributed by atoms with Crippen molar-refractivity contribution in [3.8, 4) is 0 Å². The van der Waals surface area contributed by atoms with Crippen molar-refractivity contribution < 1.29 is 4.79 Å². The van der Waals surface area contributed by atoms with Gasteiger partial charge in [-0.1, -0.05) is 19.3 Å². The van der Waals surface area contributed by atoms with Gasteiger partial charge in [0.25, 0.3) is 0 Å². The van der Waals surface area contributed by atoms with Crippen LogP contribution in [0.5, 0.6) is 0 Å². The molecular weight excluding hydrogens is 358 g/mol. The number of benzene rings is 1. The summed E-state index contributed by atoms with van der Waals surface area (Å²) in [6.45, 7) is 6.85. The summed E-state index contributed by atoms with van der Waals surface area (Å²) in [4.78, 5) is 20.7. The maximum absolute atomic E-state index is 13.4. The Morgan fingerprint density at radius 3 is 2.28 bits per heavy atom. The van der Waals surface area contributed by atoms with Crippen LogP contribution >= 0.6 is 0 Å². The molecular formula is C25H37N3O. The Kier molecular flexibility index (Phi) is 5.32. The van der Waals surface area contributed by atoms with Crippen LogP contribution in [0.25, 0.3) is 0 Å². The van der Waals surface area contributed by atoms with Crippen LogP contribution in [-0.2, 0) is 4.79 Å². The molecule has 1 spiro atoms. The second-order valence-corrected chi connectivity index (χ2v) is 10.0. The first kappa shape index (κ1) is 19.4. The zero-order valence-electron chi connectivity index (χ0n) is 18.1. The van der Waals surface area contributed by atoms with Gasteiger partial charge >= 0.3 is 0 Å². The van der Waals surface area contributed by atoms with E-state index in [0.29, 0.717) is 11.9 Å². The Hall–Kier alpha value is -1.55. The summed E-state index contributed by atoms with van der Waals surface area (Å²) in [5, 5.41) is 0. The minimum atomic E-state index is -0.0518. The third kappa shape index (κ3) is 3.58. The normalized spacial score (nSPS) is 30.4. The van der Waals surface area contributed by atoms with Crippen LogP contribution in [0, 0.1) is 5.41 Å². The van der Waals surface area contributed by atoms with Gasteiger partial charge in [0.2, 0.25) is 5.91 Å². The van der Waals surface area contributed by atoms with Gasteiger partial charge in [-0.25, -0.2) is 0 Å². The Balaban J connectivity index is 1.26. The molecule has 4 aliphatic rings. The standard InChI is InChI=1S/C25H37N3O/c1-20-7-5-16-27(20)23-12-18-26(19-23)21-8-10-22(11-9-21)28-17-6-15-25(24(28)29)13-3-2-4-14-25/h8-11,20,23H,2-7,12-19H2,1H3/t20-,23-/m0/s1. The van der Waals surface area contributed by atoms with E-state index in [1.807, 2.05) is 0 Å². The molecule has 0 N–H and O–H groups in total. The van der Waals surface area contributed by atoms with Crippen molar-refractivity contribution in [1.29, 1.82) is 0 Å². The van der Waals surface area contributed by atoms with Crippen molar-refractivity contribution in [3.05, 3.63) is 24.3 Å². The number of amides is 1. The summed E-state index contributed by atoms with van der Waals surface area (Å²) in [5.74, 6) is 0.403. The van der Waals surface area contributed by atoms with Crippen molar-refractivity contribution in [1.82, 2.24) is 4.90 Å². The number of hydrogen-bond acceptors (Lipinski definition) is 3. The Labute approximate surface area is 176 Å². The lowest BCUT2D eigenvalue weighted by atomic mass is 9.68. The van der Waals surface area contributed by atoms with E-state index in [1.54, 1.807) is 0 Å². The molecule has 3 aliphatic heterocycles. The number of likely N-dealkylation sites (tertiary alicyclic amines) is 1. The molecule has 5 rings (SSSR count). The highest BCUT2D eigenvalue weighted by Gasteiger charge is 2.44. The maximum atomic E-state index is 13.4. The molecule has 0 unspecified atom stereocenters. The maximum Gasteiger partial charge on any atom is 0.233 e. The van der Waals surface area contributed by atoms with Gasteiger partial charge in [-0.15, -0.1) is 0 Å². The molecule has 4 fully saturated rings. The van der Waals surface area contributed by atoms with E-state index in [2.05, 4.69) is 45.9 Å². The predicted molar refractivity (Wildman–Crippen MR) is 120 cm³/mol. The summed E-state index contributed by atoms with van der Waals surface area (Å²) >= 11 is 0. The molecule has 3 heterocycles. The molecule has 1 aromatic rings. The van der Waals surface area contributed by atoms with Gasteiger partial charge in [0.1, 0.15) is 0 Å². The fourth-order valence-electron chi connectivity index (χ4n) is 6.60. The summed E-state index contributed by atoms with van der Waals surface area (Å²) in [5.41, 5.74) is 2.37. The highest BCUT2D eigenvalue weighted by Crippen LogP contribution is 2.45. The minimum absolute atomic E-state index is 0.0518. The predicted octanol–water partition coefficient (Wildman–Crippen LogP) is 4.83. The molecule has 0 aromatic heterocycles. The minimum Gasteiger partial charge on any atom is -0.370 e. The van der Waals surface area contributed by atoms with Crippen LogP contribution < -0.4 is 9.80 Å². The van der Waals surface area contributed by atoms with E-state index in [4.69, 9.17) is 0 Å². The van der Waals surface area contributed by atoms with Crippen LogP contribution in [-0.4, -0.2) is 49.1 Å². The Bertz CT molecular complexity index is 719. The van der Waals surface area contributed by atoms with Gasteiger partial charge in [0, 0.05) is 48.5 Å². The topological polar surface area (TPSA) is 26.8 Å². The van der Waals surface area contributed by atoms with Gasteiger partial charge in [-0.2, -0.15) is 0 Å². The van der Waals surface area contributed by atoms with Gasteiger partial charge < -0.3 is 9.80 Å². The quantitative estimate of drug-likeness (QED) is 0.734. The number of rotatable bonds is 3. The molecule has 1 aromatic carbocycles. The zero-order chi connectivity index (χ0) is 19.8. The highest BCUT2D eigenvalue weighted by molar-refractivity contribution is 5.98. The lowest BCUT2D eigenvalue weighted by Gasteiger charge is -2.44. The number of carbonyl (C=O) groups excluding carboxylic acids is 1. The van der Waals surface area contributed by atoms with E-state index in [-0.39, 0.29) is 5.41 Å². The molecule has 1 aliphatic carbocycles. The van der Waals surface area contributed by atoms with E-state index in [1.165, 1.54) is 50.8 Å². The van der Waals surface area contributed by atoms with Gasteiger partial charge in [0.15, 0.2) is 0 Å². The molecule has 1 saturated carbocycles. The zero-order valence-corrected chi connectivity index (χ0v) is 18.1. The van der Waals surface area contributed by atoms with Crippen LogP contribution in [0.2, 0.25) is 0 Å². The molecule has 3 saturated heterocycles. The Morgan fingerprint density at radius 2 is 1.55 bits per heavy atom. The van der Waals surface area contributed by atoms with Crippen LogP contribution in [0.1, 0.15) is 71.1 Å². The van der Waals surface area contributed by atoms with Gasteiger partial charge in [-0.3, -0.25) is 9.69 Å². The van der Waals surface area contributed by atoms with Crippen LogP contribution in [0.15, 0.2) is 24.3 Å². The van der Waals surface area contributed by atoms with Crippen molar-refractivity contribution in [2.75, 3.05) is 36.0 Å². The molecule has 4 nitrogen and oxygen atoms in total. The van der Waals surface area contributed by atoms with Gasteiger partial charge in [0.05, 0.1) is 0 Å². The lowest BCUT2D eigenvalue weighted by Crippen LogP contribution is -2.49. The second kappa shape index (κ2) is 7.94. The van der Waals surface area contributed by atoms with E-state index >= 15 is 0 Å². The number of nitrogens with zero attached hydrogens (tertiary/aromatic N) is 3. The highest BCUT2D eigenvalue weighted by atomic mass is 16.2.